The third-order valence-electron chi connectivity index (χ3n) is 2.27. The lowest BCUT2D eigenvalue weighted by Crippen LogP contribution is -2.41. The van der Waals surface area contributed by atoms with Gasteiger partial charge in [0.1, 0.15) is 5.01 Å². The van der Waals surface area contributed by atoms with E-state index in [0.29, 0.717) is 6.54 Å². The normalized spacial score (nSPS) is 22.8. The molecule has 1 aliphatic heterocycles. The zero-order valence-corrected chi connectivity index (χ0v) is 10.1. The summed E-state index contributed by atoms with van der Waals surface area (Å²) in [5, 5.41) is 2.95. The highest BCUT2D eigenvalue weighted by Crippen LogP contribution is 2.20. The van der Waals surface area contributed by atoms with Crippen molar-refractivity contribution in [3.05, 3.63) is 16.6 Å². The van der Waals surface area contributed by atoms with Crippen LogP contribution in [0.4, 0.5) is 0 Å². The number of nitrogens with zero attached hydrogens (tertiary/aromatic N) is 2. The van der Waals surface area contributed by atoms with Crippen molar-refractivity contribution in [2.45, 2.75) is 24.2 Å². The minimum atomic E-state index is 0.0104. The van der Waals surface area contributed by atoms with E-state index in [9.17, 15) is 4.79 Å². The summed E-state index contributed by atoms with van der Waals surface area (Å²) in [5.41, 5.74) is 0. The highest BCUT2D eigenvalue weighted by molar-refractivity contribution is 9.10. The van der Waals surface area contributed by atoms with Gasteiger partial charge < -0.3 is 4.90 Å². The van der Waals surface area contributed by atoms with Gasteiger partial charge in [0.25, 0.3) is 0 Å². The van der Waals surface area contributed by atoms with Crippen molar-refractivity contribution < 1.29 is 4.79 Å². The Labute approximate surface area is 95.3 Å². The molecule has 1 atom stereocenters. The third kappa shape index (κ3) is 2.15. The van der Waals surface area contributed by atoms with Gasteiger partial charge in [0, 0.05) is 18.1 Å². The number of carbonyl (C=O) groups excluding carboxylic acids is 1. The van der Waals surface area contributed by atoms with E-state index in [1.807, 2.05) is 10.3 Å². The van der Waals surface area contributed by atoms with Crippen LogP contribution in [0.25, 0.3) is 0 Å². The molecule has 1 amide bonds. The van der Waals surface area contributed by atoms with Crippen molar-refractivity contribution >= 4 is 33.2 Å². The minimum Gasteiger partial charge on any atom is -0.335 e. The minimum absolute atomic E-state index is 0.0104. The molecule has 0 radical (unpaired) electrons. The maximum absolute atomic E-state index is 11.7. The number of likely N-dealkylation sites (tertiary alicyclic amines) is 1. The molecule has 3 nitrogen and oxygen atoms in total. The highest BCUT2D eigenvalue weighted by Gasteiger charge is 2.26. The van der Waals surface area contributed by atoms with Gasteiger partial charge in [-0.15, -0.1) is 11.3 Å². The molecule has 1 aromatic rings. The first-order valence-electron chi connectivity index (χ1n) is 4.58. The average molecular weight is 275 g/mol. The van der Waals surface area contributed by atoms with Crippen molar-refractivity contribution in [2.75, 3.05) is 6.54 Å². The van der Waals surface area contributed by atoms with Gasteiger partial charge in [-0.1, -0.05) is 15.9 Å². The number of piperidine rings is 1. The van der Waals surface area contributed by atoms with Crippen LogP contribution in [0.1, 0.15) is 17.8 Å². The second kappa shape index (κ2) is 4.40. The number of hydrogen-bond acceptors (Lipinski definition) is 3. The smallest absolute Gasteiger partial charge is 0.236 e. The lowest BCUT2D eigenvalue weighted by Gasteiger charge is -2.28. The Hall–Kier alpha value is -0.420. The predicted molar refractivity (Wildman–Crippen MR) is 59.5 cm³/mol. The van der Waals surface area contributed by atoms with Crippen molar-refractivity contribution in [3.63, 3.8) is 0 Å². The number of aromatic nitrogens is 1. The lowest BCUT2D eigenvalue weighted by molar-refractivity contribution is -0.133. The molecule has 76 valence electrons. The maximum atomic E-state index is 11.7. The second-order valence-corrected chi connectivity index (χ2v) is 5.38. The second-order valence-electron chi connectivity index (χ2n) is 3.30. The molecule has 1 aromatic heterocycles. The van der Waals surface area contributed by atoms with E-state index in [2.05, 4.69) is 20.9 Å². The van der Waals surface area contributed by atoms with E-state index in [-0.39, 0.29) is 10.7 Å². The molecule has 2 heterocycles. The summed E-state index contributed by atoms with van der Waals surface area (Å²) in [5.74, 6) is 0.200. The molecule has 1 unspecified atom stereocenters. The number of amides is 1. The molecule has 2 rings (SSSR count). The van der Waals surface area contributed by atoms with Crippen LogP contribution < -0.4 is 0 Å². The van der Waals surface area contributed by atoms with Gasteiger partial charge in [-0.3, -0.25) is 4.79 Å². The molecule has 1 aliphatic rings. The van der Waals surface area contributed by atoms with E-state index in [0.717, 1.165) is 24.4 Å². The predicted octanol–water partition coefficient (Wildman–Crippen LogP) is 2.03. The number of rotatable bonds is 2. The average Bonchev–Trinajstić information content (AvgIpc) is 2.66. The van der Waals surface area contributed by atoms with Gasteiger partial charge >= 0.3 is 0 Å². The first-order chi connectivity index (χ1) is 6.77. The van der Waals surface area contributed by atoms with E-state index in [1.54, 1.807) is 17.5 Å². The summed E-state index contributed by atoms with van der Waals surface area (Å²) < 4.78 is 0. The number of alkyl halides is 1. The summed E-state index contributed by atoms with van der Waals surface area (Å²) in [6.07, 6.45) is 3.81. The number of halogens is 1. The fourth-order valence-corrected chi connectivity index (χ4v) is 2.79. The van der Waals surface area contributed by atoms with Gasteiger partial charge in [0.05, 0.1) is 11.4 Å². The molecular weight excluding hydrogens is 264 g/mol. The first-order valence-corrected chi connectivity index (χ1v) is 6.38. The largest absolute Gasteiger partial charge is 0.335 e. The third-order valence-corrected chi connectivity index (χ3v) is 3.89. The zero-order chi connectivity index (χ0) is 9.97. The van der Waals surface area contributed by atoms with E-state index in [4.69, 9.17) is 0 Å². The SMILES string of the molecule is O=C1C(Br)CCCN1Cc1nccs1. The molecule has 0 spiro atoms. The fourth-order valence-electron chi connectivity index (χ4n) is 1.54. The molecule has 0 N–H and O–H groups in total. The number of carbonyl (C=O) groups is 1. The van der Waals surface area contributed by atoms with E-state index in [1.165, 1.54) is 0 Å². The van der Waals surface area contributed by atoms with Crippen LogP contribution >= 0.6 is 27.3 Å². The van der Waals surface area contributed by atoms with Crippen molar-refractivity contribution in [1.29, 1.82) is 0 Å². The number of hydrogen-bond donors (Lipinski definition) is 0. The molecule has 0 aliphatic carbocycles. The zero-order valence-electron chi connectivity index (χ0n) is 7.65. The fraction of sp³-hybridized carbons (Fsp3) is 0.556. The summed E-state index contributed by atoms with van der Waals surface area (Å²) in [4.78, 5) is 17.8. The molecule has 14 heavy (non-hydrogen) atoms. The monoisotopic (exact) mass is 274 g/mol. The van der Waals surface area contributed by atoms with Crippen LogP contribution in [-0.2, 0) is 11.3 Å². The molecule has 0 bridgehead atoms. The Balaban J connectivity index is 2.00. The standard InChI is InChI=1S/C9H11BrN2OS/c10-7-2-1-4-12(9(7)13)6-8-11-3-5-14-8/h3,5,7H,1-2,4,6H2. The Bertz CT molecular complexity index is 315. The van der Waals surface area contributed by atoms with E-state index >= 15 is 0 Å². The van der Waals surface area contributed by atoms with Crippen LogP contribution in [0.3, 0.4) is 0 Å². The van der Waals surface area contributed by atoms with Crippen LogP contribution in [0.2, 0.25) is 0 Å². The van der Waals surface area contributed by atoms with E-state index < -0.39 is 0 Å². The topological polar surface area (TPSA) is 33.2 Å². The van der Waals surface area contributed by atoms with Crippen LogP contribution in [-0.4, -0.2) is 27.2 Å². The summed E-state index contributed by atoms with van der Waals surface area (Å²) in [6, 6.07) is 0. The van der Waals surface area contributed by atoms with Gasteiger partial charge in [-0.05, 0) is 12.8 Å². The molecule has 0 saturated carbocycles. The van der Waals surface area contributed by atoms with Crippen molar-refractivity contribution in [2.24, 2.45) is 0 Å². The Kier molecular flexibility index (Phi) is 3.18. The van der Waals surface area contributed by atoms with Gasteiger partial charge in [-0.2, -0.15) is 0 Å². The summed E-state index contributed by atoms with van der Waals surface area (Å²) in [7, 11) is 0. The molecule has 5 heteroatoms. The van der Waals surface area contributed by atoms with Gasteiger partial charge in [0.2, 0.25) is 5.91 Å². The summed E-state index contributed by atoms with van der Waals surface area (Å²) >= 11 is 4.99. The van der Waals surface area contributed by atoms with Crippen molar-refractivity contribution in [1.82, 2.24) is 9.88 Å². The van der Waals surface area contributed by atoms with Crippen molar-refractivity contribution in [3.8, 4) is 0 Å². The Morgan fingerprint density at radius 2 is 2.57 bits per heavy atom. The maximum Gasteiger partial charge on any atom is 0.236 e. The molecule has 1 saturated heterocycles. The quantitative estimate of drug-likeness (QED) is 0.774. The summed E-state index contributed by atoms with van der Waals surface area (Å²) in [6.45, 7) is 1.53. The first kappa shape index (κ1) is 10.1. The Morgan fingerprint density at radius 1 is 1.71 bits per heavy atom. The van der Waals surface area contributed by atoms with Gasteiger partial charge in [-0.25, -0.2) is 4.98 Å². The molecule has 0 aromatic carbocycles. The lowest BCUT2D eigenvalue weighted by atomic mass is 10.1. The highest BCUT2D eigenvalue weighted by atomic mass is 79.9. The van der Waals surface area contributed by atoms with Crippen LogP contribution in [0.5, 0.6) is 0 Å². The van der Waals surface area contributed by atoms with Gasteiger partial charge in [0.15, 0.2) is 0 Å². The van der Waals surface area contributed by atoms with Crippen LogP contribution in [0, 0.1) is 0 Å². The molecular formula is C9H11BrN2OS. The number of thiazole rings is 1. The van der Waals surface area contributed by atoms with Crippen LogP contribution in [0.15, 0.2) is 11.6 Å². The Morgan fingerprint density at radius 3 is 3.29 bits per heavy atom. The molecule has 1 fully saturated rings.